The first-order chi connectivity index (χ1) is 13.7. The van der Waals surface area contributed by atoms with Crippen molar-refractivity contribution in [3.05, 3.63) is 34.7 Å². The third-order valence-electron chi connectivity index (χ3n) is 3.73. The van der Waals surface area contributed by atoms with Gasteiger partial charge in [-0.2, -0.15) is 0 Å². The summed E-state index contributed by atoms with van der Waals surface area (Å²) in [7, 11) is 1.57. The second-order valence-corrected chi connectivity index (χ2v) is 9.90. The van der Waals surface area contributed by atoms with Crippen molar-refractivity contribution in [3.63, 3.8) is 0 Å². The molecule has 1 heterocycles. The standard InChI is InChI=1S/C18H19Cl3N2O4S2/c1-3-14(24)22-16(18(19,20)21)27-12-6-4-11(5-7-12)10-13-15(25)23(8-9-26-2)17(28)29-13/h4-7,10,16H,3,8-9H2,1-2H3,(H,22,24)/b13-10-/t16-/m0/s1. The van der Waals surface area contributed by atoms with Crippen LogP contribution in [0.4, 0.5) is 0 Å². The minimum atomic E-state index is -1.85. The van der Waals surface area contributed by atoms with E-state index in [0.29, 0.717) is 28.1 Å². The van der Waals surface area contributed by atoms with Crippen LogP contribution in [0.2, 0.25) is 0 Å². The first-order valence-corrected chi connectivity index (χ1v) is 10.9. The van der Waals surface area contributed by atoms with Crippen LogP contribution in [0.5, 0.6) is 5.75 Å². The number of amides is 2. The Labute approximate surface area is 193 Å². The summed E-state index contributed by atoms with van der Waals surface area (Å²) in [6.45, 7) is 2.50. The van der Waals surface area contributed by atoms with E-state index in [-0.39, 0.29) is 18.2 Å². The second-order valence-electron chi connectivity index (χ2n) is 5.86. The number of rotatable bonds is 8. The molecule has 2 amide bonds. The molecule has 1 atom stereocenters. The first-order valence-electron chi connectivity index (χ1n) is 8.52. The summed E-state index contributed by atoms with van der Waals surface area (Å²) >= 11 is 24.2. The Morgan fingerprint density at radius 3 is 2.55 bits per heavy atom. The number of ether oxygens (including phenoxy) is 2. The first kappa shape index (κ1) is 24.2. The van der Waals surface area contributed by atoms with Crippen LogP contribution in [0, 0.1) is 0 Å². The number of hydrogen-bond donors (Lipinski definition) is 1. The minimum Gasteiger partial charge on any atom is -0.466 e. The topological polar surface area (TPSA) is 67.9 Å². The van der Waals surface area contributed by atoms with E-state index >= 15 is 0 Å². The third-order valence-corrected chi connectivity index (χ3v) is 5.71. The number of halogens is 3. The van der Waals surface area contributed by atoms with E-state index in [1.165, 1.54) is 16.7 Å². The van der Waals surface area contributed by atoms with Gasteiger partial charge in [-0.15, -0.1) is 0 Å². The van der Waals surface area contributed by atoms with Crippen molar-refractivity contribution >= 4 is 81.0 Å². The number of thioether (sulfide) groups is 1. The van der Waals surface area contributed by atoms with Gasteiger partial charge < -0.3 is 14.8 Å². The average molecular weight is 498 g/mol. The fourth-order valence-electron chi connectivity index (χ4n) is 2.23. The molecule has 0 bridgehead atoms. The lowest BCUT2D eigenvalue weighted by Gasteiger charge is -2.26. The summed E-state index contributed by atoms with van der Waals surface area (Å²) in [5.74, 6) is -0.0770. The van der Waals surface area contributed by atoms with Gasteiger partial charge in [-0.05, 0) is 23.8 Å². The van der Waals surface area contributed by atoms with Crippen LogP contribution in [0.1, 0.15) is 18.9 Å². The van der Waals surface area contributed by atoms with Crippen molar-refractivity contribution in [3.8, 4) is 5.75 Å². The normalized spacial score (nSPS) is 17.0. The van der Waals surface area contributed by atoms with Gasteiger partial charge in [0.25, 0.3) is 5.91 Å². The molecular formula is C18H19Cl3N2O4S2. The number of carbonyl (C=O) groups is 2. The van der Waals surface area contributed by atoms with Gasteiger partial charge in [0.15, 0.2) is 0 Å². The van der Waals surface area contributed by atoms with Crippen molar-refractivity contribution in [2.75, 3.05) is 20.3 Å². The summed E-state index contributed by atoms with van der Waals surface area (Å²) in [4.78, 5) is 26.1. The summed E-state index contributed by atoms with van der Waals surface area (Å²) in [5, 5.41) is 2.51. The van der Waals surface area contributed by atoms with E-state index in [0.717, 1.165) is 5.56 Å². The number of alkyl halides is 3. The molecule has 2 rings (SSSR count). The lowest BCUT2D eigenvalue weighted by Crippen LogP contribution is -2.47. The number of carbonyl (C=O) groups excluding carboxylic acids is 2. The molecule has 1 N–H and O–H groups in total. The van der Waals surface area contributed by atoms with Gasteiger partial charge in [0.2, 0.25) is 15.9 Å². The maximum Gasteiger partial charge on any atom is 0.266 e. The predicted octanol–water partition coefficient (Wildman–Crippen LogP) is 4.14. The summed E-state index contributed by atoms with van der Waals surface area (Å²) in [5.41, 5.74) is 0.771. The van der Waals surface area contributed by atoms with Crippen molar-refractivity contribution < 1.29 is 19.1 Å². The van der Waals surface area contributed by atoms with Crippen molar-refractivity contribution in [2.24, 2.45) is 0 Å². The smallest absolute Gasteiger partial charge is 0.266 e. The van der Waals surface area contributed by atoms with Gasteiger partial charge in [0.1, 0.15) is 10.1 Å². The molecule has 29 heavy (non-hydrogen) atoms. The lowest BCUT2D eigenvalue weighted by atomic mass is 10.2. The van der Waals surface area contributed by atoms with E-state index in [1.54, 1.807) is 44.4 Å². The van der Waals surface area contributed by atoms with E-state index in [2.05, 4.69) is 5.32 Å². The van der Waals surface area contributed by atoms with E-state index in [4.69, 9.17) is 56.5 Å². The molecule has 11 heteroatoms. The van der Waals surface area contributed by atoms with Gasteiger partial charge in [-0.3, -0.25) is 14.5 Å². The quantitative estimate of drug-likeness (QED) is 0.252. The lowest BCUT2D eigenvalue weighted by molar-refractivity contribution is -0.123. The van der Waals surface area contributed by atoms with Gasteiger partial charge in [-0.1, -0.05) is 77.8 Å². The molecule has 0 spiro atoms. The van der Waals surface area contributed by atoms with Gasteiger partial charge in [-0.25, -0.2) is 0 Å². The molecule has 1 fully saturated rings. The number of hydrogen-bond acceptors (Lipinski definition) is 6. The number of benzene rings is 1. The van der Waals surface area contributed by atoms with Gasteiger partial charge in [0, 0.05) is 13.5 Å². The SMILES string of the molecule is CCC(=O)N[C@@H](Oc1ccc(/C=C2\SC(=S)N(CCOC)C2=O)cc1)C(Cl)(Cl)Cl. The fraction of sp³-hybridized carbons (Fsp3) is 0.389. The van der Waals surface area contributed by atoms with Crippen LogP contribution in [-0.2, 0) is 14.3 Å². The van der Waals surface area contributed by atoms with Gasteiger partial charge >= 0.3 is 0 Å². The van der Waals surface area contributed by atoms with Crippen LogP contribution >= 0.6 is 58.8 Å². The Bertz CT molecular complexity index is 797. The predicted molar refractivity (Wildman–Crippen MR) is 121 cm³/mol. The molecule has 0 radical (unpaired) electrons. The highest BCUT2D eigenvalue weighted by molar-refractivity contribution is 8.26. The molecule has 0 aliphatic carbocycles. The fourth-order valence-corrected chi connectivity index (χ4v) is 3.84. The zero-order valence-corrected chi connectivity index (χ0v) is 19.5. The molecular weight excluding hydrogens is 479 g/mol. The molecule has 1 aliphatic heterocycles. The Balaban J connectivity index is 2.10. The summed E-state index contributed by atoms with van der Waals surface area (Å²) in [6.07, 6.45) is 0.811. The number of thiocarbonyl (C=S) groups is 1. The molecule has 1 aromatic rings. The highest BCUT2D eigenvalue weighted by atomic mass is 35.6. The summed E-state index contributed by atoms with van der Waals surface area (Å²) < 4.78 is 9.26. The monoisotopic (exact) mass is 496 g/mol. The molecule has 0 saturated carbocycles. The highest BCUT2D eigenvalue weighted by Gasteiger charge is 2.36. The number of nitrogens with zero attached hydrogens (tertiary/aromatic N) is 1. The Hall–Kier alpha value is -1.03. The van der Waals surface area contributed by atoms with E-state index in [1.807, 2.05) is 0 Å². The Kier molecular flexibility index (Phi) is 9.06. The highest BCUT2D eigenvalue weighted by Crippen LogP contribution is 2.34. The molecule has 6 nitrogen and oxygen atoms in total. The second kappa shape index (κ2) is 10.8. The Morgan fingerprint density at radius 1 is 1.34 bits per heavy atom. The zero-order chi connectivity index (χ0) is 21.6. The maximum atomic E-state index is 12.5. The molecule has 1 aliphatic rings. The Morgan fingerprint density at radius 2 is 2.00 bits per heavy atom. The van der Waals surface area contributed by atoms with Gasteiger partial charge in [0.05, 0.1) is 18.1 Å². The molecule has 0 aromatic heterocycles. The largest absolute Gasteiger partial charge is 0.466 e. The molecule has 0 unspecified atom stereocenters. The van der Waals surface area contributed by atoms with Crippen LogP contribution in [-0.4, -0.2) is 51.3 Å². The van der Waals surface area contributed by atoms with Crippen molar-refractivity contribution in [1.29, 1.82) is 0 Å². The maximum absolute atomic E-state index is 12.5. The third kappa shape index (κ3) is 7.01. The van der Waals surface area contributed by atoms with Crippen molar-refractivity contribution in [1.82, 2.24) is 10.2 Å². The van der Waals surface area contributed by atoms with E-state index in [9.17, 15) is 9.59 Å². The van der Waals surface area contributed by atoms with Crippen LogP contribution in [0.25, 0.3) is 6.08 Å². The van der Waals surface area contributed by atoms with E-state index < -0.39 is 10.0 Å². The zero-order valence-electron chi connectivity index (χ0n) is 15.6. The molecule has 158 valence electrons. The average Bonchev–Trinajstić information content (AvgIpc) is 2.93. The molecule has 1 saturated heterocycles. The number of nitrogens with one attached hydrogen (secondary N) is 1. The van der Waals surface area contributed by atoms with Crippen LogP contribution in [0.3, 0.4) is 0 Å². The minimum absolute atomic E-state index is 0.157. The summed E-state index contributed by atoms with van der Waals surface area (Å²) in [6, 6.07) is 6.79. The van der Waals surface area contributed by atoms with Crippen LogP contribution in [0.15, 0.2) is 29.2 Å². The molecule has 1 aromatic carbocycles. The number of methoxy groups -OCH3 is 1. The van der Waals surface area contributed by atoms with Crippen molar-refractivity contribution in [2.45, 2.75) is 23.4 Å². The van der Waals surface area contributed by atoms with Crippen LogP contribution < -0.4 is 10.1 Å².